The zero-order chi connectivity index (χ0) is 60.2. The smallest absolute Gasteiger partial charge is 0.407 e. The van der Waals surface area contributed by atoms with Crippen LogP contribution in [0, 0.1) is 0 Å². The first-order chi connectivity index (χ1) is 33.8. The normalized spacial score (nSPS) is 15.6. The van der Waals surface area contributed by atoms with Crippen LogP contribution in [-0.2, 0) is 42.6 Å². The van der Waals surface area contributed by atoms with Crippen molar-refractivity contribution in [1.29, 1.82) is 0 Å². The highest BCUT2D eigenvalue weighted by molar-refractivity contribution is 8.26. The van der Waals surface area contributed by atoms with Gasteiger partial charge in [0.05, 0.1) is 21.3 Å². The lowest BCUT2D eigenvalue weighted by molar-refractivity contribution is -0.150. The number of alkyl carbamates (subject to hydrolysis) is 2. The van der Waals surface area contributed by atoms with E-state index in [0.29, 0.717) is 19.4 Å². The van der Waals surface area contributed by atoms with Crippen LogP contribution in [0.2, 0.25) is 0 Å². The highest BCUT2D eigenvalue weighted by Gasteiger charge is 2.48. The number of aliphatic carboxylic acids is 1. The van der Waals surface area contributed by atoms with Crippen molar-refractivity contribution in [3.05, 3.63) is 0 Å². The van der Waals surface area contributed by atoms with Crippen molar-refractivity contribution in [3.63, 3.8) is 0 Å². The second kappa shape index (κ2) is 47.7. The summed E-state index contributed by atoms with van der Waals surface area (Å²) in [5, 5.41) is 24.5. The maximum atomic E-state index is 13.2. The maximum Gasteiger partial charge on any atom is 0.407 e. The molecule has 0 aliphatic carbocycles. The van der Waals surface area contributed by atoms with E-state index in [1.54, 1.807) is 6.92 Å². The fraction of sp³-hybridized carbons (Fsp3) is 0.757. The van der Waals surface area contributed by atoms with Crippen LogP contribution in [0.15, 0.2) is 0 Å². The quantitative estimate of drug-likeness (QED) is 0.0334. The predicted octanol–water partition coefficient (Wildman–Crippen LogP) is 5.41. The number of carbonyl (C=O) groups excluding carboxylic acids is 8. The van der Waals surface area contributed by atoms with Crippen LogP contribution in [0.5, 0.6) is 0 Å². The molecule has 74 heavy (non-hydrogen) atoms. The minimum atomic E-state index is -3.10. The summed E-state index contributed by atoms with van der Waals surface area (Å²) < 4.78 is 121. The Morgan fingerprint density at radius 2 is 1.15 bits per heavy atom. The Hall–Kier alpha value is -3.73. The lowest BCUT2D eigenvalue weighted by Gasteiger charge is -2.30. The average Bonchev–Trinajstić information content (AvgIpc) is 3.50. The number of Topliss-reactive ketones (excluding diaryl/α,β-unsaturated/α-hetero) is 3. The van der Waals surface area contributed by atoms with Gasteiger partial charge in [-0.1, -0.05) is 0 Å². The molecule has 0 aromatic rings. The molecule has 0 aromatic heterocycles. The Balaban J connectivity index is -0.000000149. The van der Waals surface area contributed by atoms with Crippen molar-refractivity contribution < 1.29 is 107 Å². The average molecular weight is 1220 g/mol. The van der Waals surface area contributed by atoms with Crippen LogP contribution < -0.4 is 44.2 Å². The van der Waals surface area contributed by atoms with Crippen molar-refractivity contribution in [2.75, 3.05) is 54.1 Å². The van der Waals surface area contributed by atoms with E-state index in [1.165, 1.54) is 7.11 Å². The second-order valence-corrected chi connectivity index (χ2v) is 17.5. The first-order valence-corrected chi connectivity index (χ1v) is 24.3. The number of aliphatic hydroxyl groups is 1. The van der Waals surface area contributed by atoms with Crippen molar-refractivity contribution in [3.8, 4) is 0 Å². The number of ether oxygens (including phenoxy) is 3. The predicted molar refractivity (Wildman–Crippen MR) is 258 cm³/mol. The number of methoxy groups -OCH3 is 3. The van der Waals surface area contributed by atoms with Gasteiger partial charge in [-0.3, -0.25) is 19.2 Å². The molecule has 0 spiro atoms. The van der Waals surface area contributed by atoms with Gasteiger partial charge in [-0.05, 0) is 115 Å². The van der Waals surface area contributed by atoms with Gasteiger partial charge < -0.3 is 68.6 Å². The number of amides is 4. The van der Waals surface area contributed by atoms with Gasteiger partial charge in [0.25, 0.3) is 25.7 Å². The summed E-state index contributed by atoms with van der Waals surface area (Å²) in [6, 6.07) is -0.710. The summed E-state index contributed by atoms with van der Waals surface area (Å²) in [5.41, 5.74) is 10.8. The van der Waals surface area contributed by atoms with Gasteiger partial charge in [-0.25, -0.2) is 63.3 Å². The summed E-state index contributed by atoms with van der Waals surface area (Å²) in [4.78, 5) is 94.9. The number of carboxylic acids is 1. The standard InChI is InChI=1S/C11H18F2N2O5.C8H12F2N2O2.C7H14F2N2O.C6H12F2N2O2.C2H3ClO2.C2H6O.CCl2O.Cl2OS/c1-7(16)11(8(12)13,15-10(18)20-3)5-4-6-14-9(17)19-2;1-5(13)8(6(9)10)3-2-4-11-7(14)12-8;1-5(12)7(11,6(8)9)3-2-4-10;7-4(8)6(10,5(11)12)2-1-3-9;1-5-2(3)4;1-2-3;2-1(3)4;1-4(2)3/h8H,4-6H2,1-3H3,(H,14,17)(H,15,18);6H,2-4H2,1H3,(H2,11,12,14);6H,2-4,10-11H2,1H3;4H,1-3,9-10H2,(H,11,12);1H3;3H,2H2,1H3;;. The van der Waals surface area contributed by atoms with Crippen LogP contribution in [0.25, 0.3) is 0 Å². The third-order valence-electron chi connectivity index (χ3n) is 8.67. The first-order valence-electron chi connectivity index (χ1n) is 20.4. The van der Waals surface area contributed by atoms with Crippen molar-refractivity contribution >= 4 is 117 Å². The zero-order valence-electron chi connectivity index (χ0n) is 40.8. The van der Waals surface area contributed by atoms with E-state index in [1.807, 2.05) is 10.6 Å². The number of nitrogens with two attached hydrogens (primary N) is 4. The van der Waals surface area contributed by atoms with Crippen LogP contribution in [0.1, 0.15) is 79.1 Å². The second-order valence-electron chi connectivity index (χ2n) is 13.8. The third-order valence-corrected chi connectivity index (χ3v) is 8.82. The van der Waals surface area contributed by atoms with Crippen LogP contribution >= 0.6 is 56.2 Å². The van der Waals surface area contributed by atoms with Crippen molar-refractivity contribution in [2.24, 2.45) is 22.9 Å². The first kappa shape index (κ1) is 84.2. The molecule has 1 aliphatic heterocycles. The summed E-state index contributed by atoms with van der Waals surface area (Å²) in [6.45, 7) is 5.78. The number of nitrogens with one attached hydrogen (secondary N) is 4. The molecule has 4 atom stereocenters. The number of urea groups is 1. The molecule has 0 radical (unpaired) electrons. The Morgan fingerprint density at radius 1 is 0.757 bits per heavy atom. The Bertz CT molecular complexity index is 1640. The number of hydrogen-bond acceptors (Lipinski definition) is 18. The van der Waals surface area contributed by atoms with Gasteiger partial charge in [0.1, 0.15) is 5.54 Å². The van der Waals surface area contributed by atoms with E-state index in [4.69, 9.17) is 42.2 Å². The van der Waals surface area contributed by atoms with Crippen LogP contribution in [0.4, 0.5) is 59.1 Å². The van der Waals surface area contributed by atoms with Crippen molar-refractivity contribution in [2.45, 2.75) is 127 Å². The molecular weight excluding hydrogens is 1160 g/mol. The van der Waals surface area contributed by atoms with Gasteiger partial charge in [-0.15, -0.1) is 0 Å². The molecule has 1 rings (SSSR count). The minimum Gasteiger partial charge on any atom is -0.480 e. The Morgan fingerprint density at radius 3 is 1.42 bits per heavy atom. The molecule has 4 amide bonds. The van der Waals surface area contributed by atoms with E-state index in [9.17, 15) is 73.5 Å². The van der Waals surface area contributed by atoms with Crippen LogP contribution in [0.3, 0.4) is 0 Å². The fourth-order valence-electron chi connectivity index (χ4n) is 4.50. The number of aliphatic hydroxyl groups excluding tert-OH is 1. The highest BCUT2D eigenvalue weighted by atomic mass is 36.0. The molecule has 440 valence electrons. The molecule has 1 fully saturated rings. The molecule has 37 heteroatoms. The van der Waals surface area contributed by atoms with E-state index in [0.717, 1.165) is 35.0 Å². The molecule has 1 heterocycles. The Labute approximate surface area is 447 Å². The number of ketones is 3. The monoisotopic (exact) mass is 1220 g/mol. The lowest BCUT2D eigenvalue weighted by atomic mass is 9.89. The molecule has 1 aliphatic rings. The minimum absolute atomic E-state index is 0.0251. The van der Waals surface area contributed by atoms with Gasteiger partial charge in [0.15, 0.2) is 34.0 Å². The summed E-state index contributed by atoms with van der Waals surface area (Å²) in [5.74, 6) is -3.97. The number of halogens is 13. The van der Waals surface area contributed by atoms with Gasteiger partial charge in [0, 0.05) is 52.7 Å². The zero-order valence-corrected chi connectivity index (χ0v) is 45.4. The molecule has 0 saturated carbocycles. The van der Waals surface area contributed by atoms with Gasteiger partial charge in [-0.2, -0.15) is 0 Å². The van der Waals surface area contributed by atoms with Gasteiger partial charge in [0.2, 0.25) is 9.23 Å². The van der Waals surface area contributed by atoms with E-state index < -0.39 is 109 Å². The number of carbonyl (C=O) groups is 9. The van der Waals surface area contributed by atoms with Gasteiger partial charge >= 0.3 is 34.3 Å². The topological polar surface area (TPSA) is 391 Å². The number of hydrogen-bond donors (Lipinski definition) is 10. The van der Waals surface area contributed by atoms with E-state index in [-0.39, 0.29) is 64.8 Å². The molecule has 1 saturated heterocycles. The number of alkyl halides is 8. The van der Waals surface area contributed by atoms with Crippen LogP contribution in [-0.4, -0.2) is 168 Å². The molecule has 4 unspecified atom stereocenters. The fourth-order valence-corrected chi connectivity index (χ4v) is 4.50. The molecule has 0 aromatic carbocycles. The molecule has 14 N–H and O–H groups in total. The largest absolute Gasteiger partial charge is 0.480 e. The highest BCUT2D eigenvalue weighted by Crippen LogP contribution is 2.25. The number of rotatable bonds is 19. The lowest BCUT2D eigenvalue weighted by Crippen LogP contribution is -2.59. The molecular formula is C37H65Cl5F8N8O15S. The summed E-state index contributed by atoms with van der Waals surface area (Å²) >= 11 is 13.4. The third kappa shape index (κ3) is 41.5. The summed E-state index contributed by atoms with van der Waals surface area (Å²) in [7, 11) is 10.7. The van der Waals surface area contributed by atoms with Crippen molar-refractivity contribution in [1.82, 2.24) is 21.3 Å². The molecule has 23 nitrogen and oxygen atoms in total. The Kier molecular flexibility index (Phi) is 54.3. The van der Waals surface area contributed by atoms with E-state index >= 15 is 0 Å². The summed E-state index contributed by atoms with van der Waals surface area (Å²) in [6.07, 6.45) is -13.5. The molecule has 0 bridgehead atoms. The SMILES string of the molecule is CC(=O)C(N)(CCCN)C(F)F.CC(=O)C1(C(F)F)CCCNC(=O)N1.CCO.COC(=O)Cl.COC(=O)NCCCC(NC(=O)OC)(C(C)=O)C(F)F.NCCCC(N)(C(=O)O)C(F)F.O=C(Cl)Cl.O=S(Cl)Cl. The van der Waals surface area contributed by atoms with E-state index in [2.05, 4.69) is 81.0 Å². The number of carboxylic acid groups (broad SMARTS) is 1. The maximum absolute atomic E-state index is 13.2.